The molecule has 0 aliphatic rings. The maximum absolute atomic E-state index is 9.55. The predicted octanol–water partition coefficient (Wildman–Crippen LogP) is 0.444. The van der Waals surface area contributed by atoms with Gasteiger partial charge in [-0.2, -0.15) is 5.10 Å². The zero-order valence-electron chi connectivity index (χ0n) is 8.70. The van der Waals surface area contributed by atoms with E-state index in [0.717, 1.165) is 0 Å². The lowest BCUT2D eigenvalue weighted by Crippen LogP contribution is -1.97. The third-order valence-corrected chi connectivity index (χ3v) is 2.17. The van der Waals surface area contributed by atoms with E-state index >= 15 is 0 Å². The summed E-state index contributed by atoms with van der Waals surface area (Å²) in [5, 5.41) is 21.5. The van der Waals surface area contributed by atoms with Gasteiger partial charge in [0.15, 0.2) is 5.82 Å². The number of hydrogen-bond acceptors (Lipinski definition) is 4. The first-order chi connectivity index (χ1) is 7.20. The number of aryl methyl sites for hydroxylation is 1. The Bertz CT molecular complexity index is 447. The van der Waals surface area contributed by atoms with Gasteiger partial charge in [0.05, 0.1) is 12.3 Å². The lowest BCUT2D eigenvalue weighted by atomic mass is 10.2. The van der Waals surface area contributed by atoms with Gasteiger partial charge >= 0.3 is 0 Å². The highest BCUT2D eigenvalue weighted by Crippen LogP contribution is 2.13. The van der Waals surface area contributed by atoms with E-state index < -0.39 is 6.10 Å². The fourth-order valence-electron chi connectivity index (χ4n) is 1.28. The first-order valence-corrected chi connectivity index (χ1v) is 4.81. The normalized spacial score (nSPS) is 13.0. The molecule has 2 rings (SSSR count). The molecule has 0 amide bonds. The maximum atomic E-state index is 9.55. The largest absolute Gasteiger partial charge is 0.387 e. The molecule has 0 saturated heterocycles. The highest BCUT2D eigenvalue weighted by atomic mass is 16.3. The summed E-state index contributed by atoms with van der Waals surface area (Å²) >= 11 is 0. The number of rotatable bonds is 3. The first-order valence-electron chi connectivity index (χ1n) is 4.81. The van der Waals surface area contributed by atoms with Gasteiger partial charge in [-0.15, -0.1) is 5.10 Å². The van der Waals surface area contributed by atoms with Gasteiger partial charge in [0.25, 0.3) is 0 Å². The van der Waals surface area contributed by atoms with Crippen LogP contribution in [-0.4, -0.2) is 29.9 Å². The molecule has 2 heterocycles. The van der Waals surface area contributed by atoms with Crippen LogP contribution in [0.3, 0.4) is 0 Å². The smallest absolute Gasteiger partial charge is 0.176 e. The van der Waals surface area contributed by atoms with E-state index in [1.807, 2.05) is 26.2 Å². The molecule has 0 saturated carbocycles. The summed E-state index contributed by atoms with van der Waals surface area (Å²) in [6, 6.07) is 1.83. The lowest BCUT2D eigenvalue weighted by Gasteiger charge is -1.99. The number of aliphatic hydroxyl groups is 1. The van der Waals surface area contributed by atoms with E-state index in [9.17, 15) is 5.11 Å². The minimum atomic E-state index is -0.553. The molecule has 6 nitrogen and oxygen atoms in total. The average Bonchev–Trinajstić information content (AvgIpc) is 2.84. The van der Waals surface area contributed by atoms with E-state index in [0.29, 0.717) is 17.9 Å². The fourth-order valence-corrected chi connectivity index (χ4v) is 1.28. The summed E-state index contributed by atoms with van der Waals surface area (Å²) in [7, 11) is 1.84. The van der Waals surface area contributed by atoms with Gasteiger partial charge in [-0.25, -0.2) is 4.68 Å². The molecular formula is C9H13N5O. The molecule has 80 valence electrons. The standard InChI is InChI=1S/C9H13N5O/c1-3-8(15)7-6-14(12-10-7)9-4-5-13(2)11-9/h4-6,8,15H,3H2,1-2H3. The Hall–Kier alpha value is -1.69. The van der Waals surface area contributed by atoms with Crippen LogP contribution in [0.2, 0.25) is 0 Å². The monoisotopic (exact) mass is 207 g/mol. The van der Waals surface area contributed by atoms with Crippen LogP contribution in [-0.2, 0) is 7.05 Å². The Labute approximate surface area is 87.1 Å². The van der Waals surface area contributed by atoms with Gasteiger partial charge in [0.1, 0.15) is 5.69 Å². The minimum absolute atomic E-state index is 0.553. The molecule has 0 aliphatic carbocycles. The summed E-state index contributed by atoms with van der Waals surface area (Å²) in [5.41, 5.74) is 0.572. The van der Waals surface area contributed by atoms with Crippen LogP contribution in [0.15, 0.2) is 18.5 Å². The second-order valence-corrected chi connectivity index (χ2v) is 3.36. The second-order valence-electron chi connectivity index (χ2n) is 3.36. The Morgan fingerprint density at radius 1 is 1.53 bits per heavy atom. The highest BCUT2D eigenvalue weighted by Gasteiger charge is 2.11. The molecule has 2 aromatic heterocycles. The van der Waals surface area contributed by atoms with Crippen LogP contribution in [0.25, 0.3) is 5.82 Å². The van der Waals surface area contributed by atoms with Crippen molar-refractivity contribution in [3.05, 3.63) is 24.2 Å². The van der Waals surface area contributed by atoms with Gasteiger partial charge in [-0.3, -0.25) is 4.68 Å². The van der Waals surface area contributed by atoms with E-state index in [1.54, 1.807) is 15.6 Å². The molecule has 1 N–H and O–H groups in total. The van der Waals surface area contributed by atoms with E-state index in [4.69, 9.17) is 0 Å². The van der Waals surface area contributed by atoms with Crippen molar-refractivity contribution in [1.82, 2.24) is 24.8 Å². The van der Waals surface area contributed by atoms with E-state index in [1.165, 1.54) is 0 Å². The van der Waals surface area contributed by atoms with Crippen molar-refractivity contribution in [3.8, 4) is 5.82 Å². The summed E-state index contributed by atoms with van der Waals surface area (Å²) < 4.78 is 3.24. The van der Waals surface area contributed by atoms with Crippen LogP contribution in [0.1, 0.15) is 25.1 Å². The number of aromatic nitrogens is 5. The van der Waals surface area contributed by atoms with Crippen LogP contribution in [0.4, 0.5) is 0 Å². The van der Waals surface area contributed by atoms with Gasteiger partial charge in [0.2, 0.25) is 0 Å². The molecule has 15 heavy (non-hydrogen) atoms. The first kappa shape index (κ1) is 9.85. The Morgan fingerprint density at radius 2 is 2.33 bits per heavy atom. The summed E-state index contributed by atoms with van der Waals surface area (Å²) in [6.45, 7) is 1.89. The number of aliphatic hydroxyl groups excluding tert-OH is 1. The van der Waals surface area contributed by atoms with E-state index in [2.05, 4.69) is 15.4 Å². The molecule has 0 spiro atoms. The minimum Gasteiger partial charge on any atom is -0.387 e. The molecular weight excluding hydrogens is 194 g/mol. The molecule has 0 aliphatic heterocycles. The van der Waals surface area contributed by atoms with Crippen molar-refractivity contribution in [2.75, 3.05) is 0 Å². The zero-order chi connectivity index (χ0) is 10.8. The van der Waals surface area contributed by atoms with Crippen LogP contribution in [0, 0.1) is 0 Å². The Morgan fingerprint density at radius 3 is 2.93 bits per heavy atom. The molecule has 0 radical (unpaired) electrons. The average molecular weight is 207 g/mol. The molecule has 0 aromatic carbocycles. The molecule has 2 aromatic rings. The van der Waals surface area contributed by atoms with Crippen molar-refractivity contribution in [1.29, 1.82) is 0 Å². The third-order valence-electron chi connectivity index (χ3n) is 2.17. The molecule has 1 unspecified atom stereocenters. The van der Waals surface area contributed by atoms with E-state index in [-0.39, 0.29) is 0 Å². The SMILES string of the molecule is CCC(O)c1cn(-c2ccn(C)n2)nn1. The topological polar surface area (TPSA) is 68.8 Å². The van der Waals surface area contributed by atoms with Crippen molar-refractivity contribution in [2.24, 2.45) is 7.05 Å². The number of nitrogens with zero attached hydrogens (tertiary/aromatic N) is 5. The van der Waals surface area contributed by atoms with Crippen LogP contribution in [0.5, 0.6) is 0 Å². The summed E-state index contributed by atoms with van der Waals surface area (Å²) in [6.07, 6.45) is 3.59. The van der Waals surface area contributed by atoms with Crippen molar-refractivity contribution < 1.29 is 5.11 Å². The zero-order valence-corrected chi connectivity index (χ0v) is 8.70. The summed E-state index contributed by atoms with van der Waals surface area (Å²) in [5.74, 6) is 0.694. The molecule has 6 heteroatoms. The predicted molar refractivity (Wildman–Crippen MR) is 53.4 cm³/mol. The Kier molecular flexibility index (Phi) is 2.51. The molecule has 1 atom stereocenters. The van der Waals surface area contributed by atoms with Crippen molar-refractivity contribution in [3.63, 3.8) is 0 Å². The molecule has 0 bridgehead atoms. The van der Waals surface area contributed by atoms with Crippen molar-refractivity contribution >= 4 is 0 Å². The lowest BCUT2D eigenvalue weighted by molar-refractivity contribution is 0.169. The van der Waals surface area contributed by atoms with Crippen LogP contribution >= 0.6 is 0 Å². The number of hydrogen-bond donors (Lipinski definition) is 1. The quantitative estimate of drug-likeness (QED) is 0.793. The highest BCUT2D eigenvalue weighted by molar-refractivity contribution is 5.18. The van der Waals surface area contributed by atoms with Gasteiger partial charge < -0.3 is 5.11 Å². The van der Waals surface area contributed by atoms with Crippen molar-refractivity contribution in [2.45, 2.75) is 19.4 Å². The Balaban J connectivity index is 2.27. The van der Waals surface area contributed by atoms with Gasteiger partial charge in [0, 0.05) is 19.3 Å². The fraction of sp³-hybridized carbons (Fsp3) is 0.444. The molecule has 0 fully saturated rings. The van der Waals surface area contributed by atoms with Gasteiger partial charge in [-0.05, 0) is 6.42 Å². The third kappa shape index (κ3) is 1.89. The second kappa shape index (κ2) is 3.82. The van der Waals surface area contributed by atoms with Crippen LogP contribution < -0.4 is 0 Å². The maximum Gasteiger partial charge on any atom is 0.176 e. The van der Waals surface area contributed by atoms with Gasteiger partial charge in [-0.1, -0.05) is 12.1 Å². The summed E-state index contributed by atoms with van der Waals surface area (Å²) in [4.78, 5) is 0.